The van der Waals surface area contributed by atoms with Crippen molar-refractivity contribution in [3.05, 3.63) is 69.1 Å². The van der Waals surface area contributed by atoms with Crippen LogP contribution in [0.1, 0.15) is 61.0 Å². The van der Waals surface area contributed by atoms with Gasteiger partial charge in [0.25, 0.3) is 0 Å². The van der Waals surface area contributed by atoms with E-state index in [9.17, 15) is 9.59 Å². The Morgan fingerprint density at radius 2 is 1.76 bits per heavy atom. The first-order valence-corrected chi connectivity index (χ1v) is 14.0. The fourth-order valence-electron chi connectivity index (χ4n) is 3.92. The molecule has 1 heterocycles. The summed E-state index contributed by atoms with van der Waals surface area (Å²) >= 11 is 8.02. The molecular formula is C30H37ClN2O4S. The van der Waals surface area contributed by atoms with Gasteiger partial charge < -0.3 is 14.8 Å². The Hall–Kier alpha value is -2.90. The number of rotatable bonds is 10. The molecule has 0 aliphatic carbocycles. The molecule has 0 spiro atoms. The van der Waals surface area contributed by atoms with Crippen LogP contribution in [0.2, 0.25) is 5.02 Å². The summed E-state index contributed by atoms with van der Waals surface area (Å²) in [6, 6.07) is 13.1. The van der Waals surface area contributed by atoms with Gasteiger partial charge in [0.15, 0.2) is 5.13 Å². The largest absolute Gasteiger partial charge is 0.465 e. The Morgan fingerprint density at radius 1 is 1.08 bits per heavy atom. The molecule has 3 rings (SSSR count). The number of aryl methyl sites for hydroxylation is 1. The molecule has 0 amide bonds. The molecule has 0 aliphatic rings. The number of aromatic nitrogens is 1. The standard InChI is InChI=1S/C30H37ClN2O4S/c1-18(2)14-25-26(22-11-8-19(3)24(31)16-22)33-29(38-25)32-17-23(28(35)37-30(4,5)6)15-20-9-12-21(13-10-20)27(34)36-7/h8-13,16,18,23H,14-15,17H2,1-7H3,(H,32,33). The summed E-state index contributed by atoms with van der Waals surface area (Å²) in [5.41, 5.74) is 3.70. The highest BCUT2D eigenvalue weighted by molar-refractivity contribution is 7.16. The zero-order valence-corrected chi connectivity index (χ0v) is 24.8. The van der Waals surface area contributed by atoms with E-state index in [1.54, 1.807) is 23.5 Å². The first-order chi connectivity index (χ1) is 17.9. The van der Waals surface area contributed by atoms with Crippen LogP contribution in [0.5, 0.6) is 0 Å². The molecule has 0 saturated carbocycles. The van der Waals surface area contributed by atoms with E-state index in [2.05, 4.69) is 19.2 Å². The second-order valence-corrected chi connectivity index (χ2v) is 12.3. The molecule has 0 fully saturated rings. The number of hydrogen-bond donors (Lipinski definition) is 1. The van der Waals surface area contributed by atoms with Gasteiger partial charge in [0.2, 0.25) is 0 Å². The smallest absolute Gasteiger partial charge is 0.337 e. The lowest BCUT2D eigenvalue weighted by atomic mass is 9.98. The quantitative estimate of drug-likeness (QED) is 0.263. The summed E-state index contributed by atoms with van der Waals surface area (Å²) in [5, 5.41) is 4.86. The van der Waals surface area contributed by atoms with Crippen molar-refractivity contribution in [1.29, 1.82) is 0 Å². The fourth-order valence-corrected chi connectivity index (χ4v) is 5.30. The minimum absolute atomic E-state index is 0.286. The molecule has 0 aliphatic heterocycles. The Labute approximate surface area is 234 Å². The molecule has 0 saturated heterocycles. The maximum absolute atomic E-state index is 13.1. The van der Waals surface area contributed by atoms with Crippen molar-refractivity contribution >= 4 is 40.0 Å². The van der Waals surface area contributed by atoms with E-state index in [4.69, 9.17) is 26.1 Å². The van der Waals surface area contributed by atoms with Crippen LogP contribution in [-0.4, -0.2) is 36.2 Å². The molecule has 8 heteroatoms. The predicted molar refractivity (Wildman–Crippen MR) is 155 cm³/mol. The number of carbonyl (C=O) groups excluding carboxylic acids is 2. The van der Waals surface area contributed by atoms with Gasteiger partial charge >= 0.3 is 11.9 Å². The van der Waals surface area contributed by atoms with E-state index in [0.717, 1.165) is 33.9 Å². The van der Waals surface area contributed by atoms with Crippen LogP contribution < -0.4 is 5.32 Å². The number of anilines is 1. The number of nitrogens with zero attached hydrogens (tertiary/aromatic N) is 1. The van der Waals surface area contributed by atoms with E-state index < -0.39 is 17.5 Å². The van der Waals surface area contributed by atoms with Crippen LogP contribution in [0.25, 0.3) is 11.3 Å². The normalized spacial score (nSPS) is 12.3. The third-order valence-corrected chi connectivity index (χ3v) is 7.28. The number of ether oxygens (including phenoxy) is 2. The average molecular weight is 557 g/mol. The predicted octanol–water partition coefficient (Wildman–Crippen LogP) is 7.37. The van der Waals surface area contributed by atoms with Crippen molar-refractivity contribution < 1.29 is 19.1 Å². The lowest BCUT2D eigenvalue weighted by Gasteiger charge is -2.24. The molecule has 1 N–H and O–H groups in total. The molecule has 6 nitrogen and oxygen atoms in total. The van der Waals surface area contributed by atoms with Crippen molar-refractivity contribution in [3.8, 4) is 11.3 Å². The monoisotopic (exact) mass is 556 g/mol. The molecule has 1 aromatic heterocycles. The molecule has 0 bridgehead atoms. The van der Waals surface area contributed by atoms with Crippen molar-refractivity contribution in [3.63, 3.8) is 0 Å². The molecule has 3 aromatic rings. The fraction of sp³-hybridized carbons (Fsp3) is 0.433. The van der Waals surface area contributed by atoms with Gasteiger partial charge in [-0.25, -0.2) is 9.78 Å². The van der Waals surface area contributed by atoms with Crippen molar-refractivity contribution in [2.75, 3.05) is 19.0 Å². The van der Waals surface area contributed by atoms with Crippen molar-refractivity contribution in [2.45, 2.75) is 60.0 Å². The summed E-state index contributed by atoms with van der Waals surface area (Å²) in [6.45, 7) is 12.3. The number of halogens is 1. The van der Waals surface area contributed by atoms with Gasteiger partial charge in [-0.15, -0.1) is 11.3 Å². The first kappa shape index (κ1) is 29.7. The van der Waals surface area contributed by atoms with Gasteiger partial charge in [0, 0.05) is 22.0 Å². The third-order valence-electron chi connectivity index (χ3n) is 5.83. The van der Waals surface area contributed by atoms with Gasteiger partial charge in [-0.2, -0.15) is 0 Å². The Balaban J connectivity index is 1.84. The second-order valence-electron chi connectivity index (χ2n) is 10.9. The number of esters is 2. The topological polar surface area (TPSA) is 77.5 Å². The number of benzene rings is 2. The first-order valence-electron chi connectivity index (χ1n) is 12.8. The second kappa shape index (κ2) is 12.8. The third kappa shape index (κ3) is 8.30. The van der Waals surface area contributed by atoms with Crippen LogP contribution >= 0.6 is 22.9 Å². The van der Waals surface area contributed by atoms with Gasteiger partial charge in [0.1, 0.15) is 5.60 Å². The maximum atomic E-state index is 13.1. The molecule has 1 atom stereocenters. The molecule has 0 radical (unpaired) electrons. The molecular weight excluding hydrogens is 520 g/mol. The highest BCUT2D eigenvalue weighted by Crippen LogP contribution is 2.35. The molecule has 2 aromatic carbocycles. The minimum Gasteiger partial charge on any atom is -0.465 e. The lowest BCUT2D eigenvalue weighted by Crippen LogP contribution is -2.33. The highest BCUT2D eigenvalue weighted by atomic mass is 35.5. The van der Waals surface area contributed by atoms with Crippen LogP contribution in [0.4, 0.5) is 5.13 Å². The van der Waals surface area contributed by atoms with E-state index in [-0.39, 0.29) is 5.97 Å². The summed E-state index contributed by atoms with van der Waals surface area (Å²) in [6.07, 6.45) is 1.34. The summed E-state index contributed by atoms with van der Waals surface area (Å²) in [4.78, 5) is 31.0. The van der Waals surface area contributed by atoms with Crippen molar-refractivity contribution in [1.82, 2.24) is 4.98 Å². The molecule has 204 valence electrons. The zero-order chi connectivity index (χ0) is 28.0. The Bertz CT molecular complexity index is 1260. The SMILES string of the molecule is COC(=O)c1ccc(CC(CNc2nc(-c3ccc(C)c(Cl)c3)c(CC(C)C)s2)C(=O)OC(C)(C)C)cc1. The minimum atomic E-state index is -0.604. The Morgan fingerprint density at radius 3 is 2.34 bits per heavy atom. The number of hydrogen-bond acceptors (Lipinski definition) is 7. The van der Waals surface area contributed by atoms with Gasteiger partial charge in [-0.1, -0.05) is 49.7 Å². The zero-order valence-electron chi connectivity index (χ0n) is 23.2. The van der Waals surface area contributed by atoms with Crippen molar-refractivity contribution in [2.24, 2.45) is 11.8 Å². The number of nitrogens with one attached hydrogen (secondary N) is 1. The van der Waals surface area contributed by atoms with E-state index >= 15 is 0 Å². The van der Waals surface area contributed by atoms with Gasteiger partial charge in [-0.3, -0.25) is 4.79 Å². The van der Waals surface area contributed by atoms with Gasteiger partial charge in [-0.05, 0) is 75.8 Å². The Kier molecular flexibility index (Phi) is 9.96. The number of methoxy groups -OCH3 is 1. The summed E-state index contributed by atoms with van der Waals surface area (Å²) in [7, 11) is 1.35. The van der Waals surface area contributed by atoms with Crippen LogP contribution in [0, 0.1) is 18.8 Å². The summed E-state index contributed by atoms with van der Waals surface area (Å²) in [5.74, 6) is -0.668. The number of thiazole rings is 1. The summed E-state index contributed by atoms with van der Waals surface area (Å²) < 4.78 is 10.5. The molecule has 1 unspecified atom stereocenters. The molecule has 38 heavy (non-hydrogen) atoms. The van der Waals surface area contributed by atoms with Crippen LogP contribution in [0.15, 0.2) is 42.5 Å². The van der Waals surface area contributed by atoms with E-state index in [1.165, 1.54) is 12.0 Å². The van der Waals surface area contributed by atoms with Crippen LogP contribution in [-0.2, 0) is 27.1 Å². The average Bonchev–Trinajstić information content (AvgIpc) is 3.24. The van der Waals surface area contributed by atoms with Gasteiger partial charge in [0.05, 0.1) is 24.3 Å². The van der Waals surface area contributed by atoms with Crippen LogP contribution in [0.3, 0.4) is 0 Å². The number of carbonyl (C=O) groups is 2. The van der Waals surface area contributed by atoms with E-state index in [0.29, 0.717) is 29.5 Å². The highest BCUT2D eigenvalue weighted by Gasteiger charge is 2.26. The van der Waals surface area contributed by atoms with E-state index in [1.807, 2.05) is 58.0 Å². The maximum Gasteiger partial charge on any atom is 0.337 e. The lowest BCUT2D eigenvalue weighted by molar-refractivity contribution is -0.159.